The highest BCUT2D eigenvalue weighted by molar-refractivity contribution is 9.11. The molecule has 3 heterocycles. The Morgan fingerprint density at radius 1 is 1.23 bits per heavy atom. The highest BCUT2D eigenvalue weighted by Gasteiger charge is 2.47. The number of hydrogen-bond donors (Lipinski definition) is 1. The van der Waals surface area contributed by atoms with Gasteiger partial charge in [0.2, 0.25) is 21.1 Å². The van der Waals surface area contributed by atoms with E-state index in [-0.39, 0.29) is 16.7 Å². The lowest BCUT2D eigenvalue weighted by atomic mass is 10.1. The van der Waals surface area contributed by atoms with E-state index in [4.69, 9.17) is 0 Å². The van der Waals surface area contributed by atoms with Crippen LogP contribution < -0.4 is 9.62 Å². The Kier molecular flexibility index (Phi) is 6.07. The Morgan fingerprint density at radius 3 is 2.51 bits per heavy atom. The molecule has 1 aliphatic heterocycles. The van der Waals surface area contributed by atoms with E-state index in [1.54, 1.807) is 10.7 Å². The van der Waals surface area contributed by atoms with Crippen molar-refractivity contribution < 1.29 is 13.2 Å². The van der Waals surface area contributed by atoms with Crippen LogP contribution >= 0.6 is 27.3 Å². The molecule has 1 aromatic carbocycles. The number of hydrogen-bond acceptors (Lipinski definition) is 9. The normalized spacial score (nSPS) is 17.7. The summed E-state index contributed by atoms with van der Waals surface area (Å²) < 4.78 is 31.2. The Labute approximate surface area is 214 Å². The van der Waals surface area contributed by atoms with Crippen LogP contribution in [0.4, 0.5) is 5.69 Å². The Balaban J connectivity index is 1.55. The van der Waals surface area contributed by atoms with Gasteiger partial charge in [0, 0.05) is 49.4 Å². The third-order valence-electron chi connectivity index (χ3n) is 6.19. The Morgan fingerprint density at radius 2 is 1.94 bits per heavy atom. The fourth-order valence-electron chi connectivity index (χ4n) is 4.10. The van der Waals surface area contributed by atoms with E-state index < -0.39 is 15.6 Å². The van der Waals surface area contributed by atoms with Gasteiger partial charge < -0.3 is 9.80 Å². The number of carbonyl (C=O) groups excluding carboxylic acids is 1. The minimum Gasteiger partial charge on any atom is -0.367 e. The standard InChI is InChI=1S/C21H23BrN8O3S2/c1-13(2)18(31)29-7-5-28(6-8-29)17-10-14(35(32,33)27-21(12-23)3-4-21)9-16-15(17)11-30(26-16)20-25-24-19(22)34-20/h9-11,13,27H,3-8H2,1-2H3. The van der Waals surface area contributed by atoms with Gasteiger partial charge in [-0.1, -0.05) is 25.2 Å². The number of sulfonamides is 1. The van der Waals surface area contributed by atoms with E-state index >= 15 is 0 Å². The van der Waals surface area contributed by atoms with Crippen LogP contribution in [-0.2, 0) is 14.8 Å². The molecule has 0 radical (unpaired) electrons. The first-order valence-corrected chi connectivity index (χ1v) is 14.2. The molecule has 184 valence electrons. The molecule has 11 nitrogen and oxygen atoms in total. The number of fused-ring (bicyclic) bond motifs is 1. The molecular weight excluding hydrogens is 556 g/mol. The first-order chi connectivity index (χ1) is 16.6. The van der Waals surface area contributed by atoms with Crippen molar-refractivity contribution in [3.8, 4) is 11.2 Å². The topological polar surface area (TPSA) is 137 Å². The first-order valence-electron chi connectivity index (χ1n) is 11.1. The number of anilines is 1. The second-order valence-electron chi connectivity index (χ2n) is 9.05. The van der Waals surface area contributed by atoms with Crippen LogP contribution in [0.3, 0.4) is 0 Å². The molecule has 35 heavy (non-hydrogen) atoms. The van der Waals surface area contributed by atoms with Crippen molar-refractivity contribution in [3.63, 3.8) is 0 Å². The number of rotatable bonds is 6. The minimum absolute atomic E-state index is 0.0471. The van der Waals surface area contributed by atoms with Crippen molar-refractivity contribution in [2.45, 2.75) is 37.1 Å². The van der Waals surface area contributed by atoms with Crippen LogP contribution in [0.15, 0.2) is 27.1 Å². The largest absolute Gasteiger partial charge is 0.367 e. The van der Waals surface area contributed by atoms with Gasteiger partial charge in [-0.3, -0.25) is 4.79 Å². The summed E-state index contributed by atoms with van der Waals surface area (Å²) in [6.45, 7) is 5.97. The zero-order valence-corrected chi connectivity index (χ0v) is 22.3. The smallest absolute Gasteiger partial charge is 0.242 e. The van der Waals surface area contributed by atoms with Gasteiger partial charge in [-0.15, -0.1) is 10.2 Å². The first kappa shape index (κ1) is 24.1. The third kappa shape index (κ3) is 4.65. The molecule has 1 N–H and O–H groups in total. The number of amides is 1. The quantitative estimate of drug-likeness (QED) is 0.470. The zero-order valence-electron chi connectivity index (χ0n) is 19.1. The lowest BCUT2D eigenvalue weighted by molar-refractivity contribution is -0.134. The van der Waals surface area contributed by atoms with Gasteiger partial charge in [0.15, 0.2) is 3.92 Å². The van der Waals surface area contributed by atoms with Crippen LogP contribution in [0.5, 0.6) is 0 Å². The predicted octanol–water partition coefficient (Wildman–Crippen LogP) is 2.28. The second-order valence-corrected chi connectivity index (χ2v) is 13.0. The SMILES string of the molecule is CC(C)C(=O)N1CCN(c2cc(S(=O)(=O)NC3(C#N)CC3)cc3nn(-c4nnc(Br)s4)cc23)CC1. The fraction of sp³-hybridized carbons (Fsp3) is 0.476. The number of nitrogens with zero attached hydrogens (tertiary/aromatic N) is 7. The van der Waals surface area contributed by atoms with Crippen LogP contribution in [-0.4, -0.2) is 70.9 Å². The maximum absolute atomic E-state index is 13.2. The van der Waals surface area contributed by atoms with E-state index in [0.29, 0.717) is 59.3 Å². The van der Waals surface area contributed by atoms with E-state index in [0.717, 1.165) is 5.39 Å². The fourth-order valence-corrected chi connectivity index (χ4v) is 6.53. The van der Waals surface area contributed by atoms with Crippen molar-refractivity contribution in [2.24, 2.45) is 5.92 Å². The maximum atomic E-state index is 13.2. The van der Waals surface area contributed by atoms with Crippen molar-refractivity contribution in [2.75, 3.05) is 31.1 Å². The molecule has 3 aromatic rings. The number of aromatic nitrogens is 4. The average molecular weight is 580 g/mol. The Hall–Kier alpha value is -2.60. The van der Waals surface area contributed by atoms with Gasteiger partial charge in [0.1, 0.15) is 5.54 Å². The second kappa shape index (κ2) is 8.81. The summed E-state index contributed by atoms with van der Waals surface area (Å²) in [4.78, 5) is 16.4. The third-order valence-corrected chi connectivity index (χ3v) is 9.05. The van der Waals surface area contributed by atoms with Gasteiger partial charge in [0.25, 0.3) is 0 Å². The van der Waals surface area contributed by atoms with Crippen molar-refractivity contribution in [1.29, 1.82) is 5.26 Å². The number of nitrogens with one attached hydrogen (secondary N) is 1. The summed E-state index contributed by atoms with van der Waals surface area (Å²) in [5.41, 5.74) is 0.155. The maximum Gasteiger partial charge on any atom is 0.242 e. The van der Waals surface area contributed by atoms with Gasteiger partial charge in [0.05, 0.1) is 16.5 Å². The van der Waals surface area contributed by atoms with Crippen LogP contribution in [0.2, 0.25) is 0 Å². The molecule has 0 unspecified atom stereocenters. The van der Waals surface area contributed by atoms with Crippen molar-refractivity contribution >= 4 is 59.8 Å². The molecule has 1 saturated heterocycles. The number of halogens is 1. The molecule has 1 aliphatic carbocycles. The average Bonchev–Trinajstić information content (AvgIpc) is 3.24. The number of piperazine rings is 1. The number of benzene rings is 1. The molecule has 0 atom stereocenters. The van der Waals surface area contributed by atoms with Gasteiger partial charge in [-0.05, 0) is 40.9 Å². The zero-order chi connectivity index (χ0) is 25.0. The van der Waals surface area contributed by atoms with Crippen molar-refractivity contribution in [3.05, 3.63) is 22.2 Å². The van der Waals surface area contributed by atoms with Crippen molar-refractivity contribution in [1.82, 2.24) is 29.6 Å². The van der Waals surface area contributed by atoms with E-state index in [2.05, 4.69) is 46.9 Å². The molecule has 2 aliphatic rings. The lowest BCUT2D eigenvalue weighted by Crippen LogP contribution is -2.50. The number of nitriles is 1. The summed E-state index contributed by atoms with van der Waals surface area (Å²) in [5.74, 6) is 0.0309. The molecule has 14 heteroatoms. The van der Waals surface area contributed by atoms with E-state index in [1.807, 2.05) is 24.9 Å². The van der Waals surface area contributed by atoms with E-state index in [1.165, 1.54) is 17.4 Å². The van der Waals surface area contributed by atoms with Gasteiger partial charge in [-0.25, -0.2) is 13.1 Å². The highest BCUT2D eigenvalue weighted by Crippen LogP contribution is 2.37. The van der Waals surface area contributed by atoms with Gasteiger partial charge in [-0.2, -0.15) is 15.1 Å². The summed E-state index contributed by atoms with van der Waals surface area (Å²) in [5, 5.41) is 23.3. The van der Waals surface area contributed by atoms with Crippen LogP contribution in [0.1, 0.15) is 26.7 Å². The molecule has 2 fully saturated rings. The summed E-state index contributed by atoms with van der Waals surface area (Å²) in [7, 11) is -3.95. The predicted molar refractivity (Wildman–Crippen MR) is 134 cm³/mol. The van der Waals surface area contributed by atoms with Crippen LogP contribution in [0.25, 0.3) is 16.0 Å². The lowest BCUT2D eigenvalue weighted by Gasteiger charge is -2.37. The molecular formula is C21H23BrN8O3S2. The summed E-state index contributed by atoms with van der Waals surface area (Å²) in [6, 6.07) is 5.21. The monoisotopic (exact) mass is 578 g/mol. The molecule has 1 saturated carbocycles. The number of carbonyl (C=O) groups is 1. The molecule has 0 bridgehead atoms. The molecule has 2 aromatic heterocycles. The summed E-state index contributed by atoms with van der Waals surface area (Å²) in [6.07, 6.45) is 2.79. The molecule has 0 spiro atoms. The molecule has 5 rings (SSSR count). The van der Waals surface area contributed by atoms with Gasteiger partial charge >= 0.3 is 0 Å². The molecule has 1 amide bonds. The minimum atomic E-state index is -3.95. The summed E-state index contributed by atoms with van der Waals surface area (Å²) >= 11 is 4.61. The highest BCUT2D eigenvalue weighted by atomic mass is 79.9. The Bertz CT molecular complexity index is 1450. The van der Waals surface area contributed by atoms with E-state index in [9.17, 15) is 18.5 Å². The van der Waals surface area contributed by atoms with Crippen LogP contribution in [0, 0.1) is 17.2 Å².